The van der Waals surface area contributed by atoms with Gasteiger partial charge in [-0.2, -0.15) is 0 Å². The quantitative estimate of drug-likeness (QED) is 0.877. The van der Waals surface area contributed by atoms with Crippen LogP contribution in [0.25, 0.3) is 0 Å². The van der Waals surface area contributed by atoms with Gasteiger partial charge in [-0.25, -0.2) is 13.6 Å². The number of sulfonamides is 1. The highest BCUT2D eigenvalue weighted by Gasteiger charge is 2.26. The Labute approximate surface area is 123 Å². The van der Waals surface area contributed by atoms with Crippen molar-refractivity contribution in [2.45, 2.75) is 18.2 Å². The zero-order valence-corrected chi connectivity index (χ0v) is 12.8. The van der Waals surface area contributed by atoms with Crippen molar-refractivity contribution < 1.29 is 22.7 Å². The summed E-state index contributed by atoms with van der Waals surface area (Å²) in [5, 5.41) is 5.14. The molecule has 1 aliphatic heterocycles. The van der Waals surface area contributed by atoms with Crippen LogP contribution in [-0.4, -0.2) is 46.0 Å². The Bertz CT molecular complexity index is 657. The van der Waals surface area contributed by atoms with Gasteiger partial charge in [0.2, 0.25) is 10.0 Å². The topological polar surface area (TPSA) is 98.9 Å². The van der Waals surface area contributed by atoms with E-state index in [-0.39, 0.29) is 27.9 Å². The molecule has 2 rings (SSSR count). The van der Waals surface area contributed by atoms with Crippen molar-refractivity contribution in [3.05, 3.63) is 17.7 Å². The molecule has 1 amide bonds. The monoisotopic (exact) mass is 314 g/mol. The molecule has 0 saturated carbocycles. The Morgan fingerprint density at radius 1 is 1.33 bits per heavy atom. The molecule has 1 aromatic carbocycles. The maximum atomic E-state index is 12.4. The zero-order valence-electron chi connectivity index (χ0n) is 12.0. The number of nitrogens with two attached hydrogens (primary N) is 1. The molecule has 0 unspecified atom stereocenters. The number of primary sulfonamides is 1. The summed E-state index contributed by atoms with van der Waals surface area (Å²) >= 11 is 0. The second kappa shape index (κ2) is 5.90. The van der Waals surface area contributed by atoms with E-state index in [1.54, 1.807) is 7.05 Å². The number of hydrogen-bond acceptors (Lipinski definition) is 5. The average molecular weight is 314 g/mol. The summed E-state index contributed by atoms with van der Waals surface area (Å²) in [6.45, 7) is 3.09. The standard InChI is InChI=1S/C13H18N2O5S/c1-3-4-15(2)13(16)10-7-9(21(14,17)18)8-11-12(10)20-6-5-19-11/h7-8H,3-6H2,1-2H3,(H2,14,17,18). The molecule has 0 atom stereocenters. The fraction of sp³-hybridized carbons (Fsp3) is 0.462. The third kappa shape index (κ3) is 3.27. The number of carbonyl (C=O) groups excluding carboxylic acids is 1. The molecular formula is C13H18N2O5S. The number of nitrogens with zero attached hydrogens (tertiary/aromatic N) is 1. The van der Waals surface area contributed by atoms with Crippen molar-refractivity contribution >= 4 is 15.9 Å². The van der Waals surface area contributed by atoms with Gasteiger partial charge in [0.15, 0.2) is 11.5 Å². The zero-order chi connectivity index (χ0) is 15.6. The van der Waals surface area contributed by atoms with Crippen LogP contribution in [0, 0.1) is 0 Å². The molecule has 0 radical (unpaired) electrons. The van der Waals surface area contributed by atoms with Crippen molar-refractivity contribution in [2.24, 2.45) is 5.14 Å². The molecule has 0 aliphatic carbocycles. The normalized spacial score (nSPS) is 13.9. The molecule has 1 aromatic rings. The van der Waals surface area contributed by atoms with Gasteiger partial charge in [-0.15, -0.1) is 0 Å². The Hall–Kier alpha value is -1.80. The number of benzene rings is 1. The van der Waals surface area contributed by atoms with E-state index >= 15 is 0 Å². The van der Waals surface area contributed by atoms with Gasteiger partial charge in [0.25, 0.3) is 5.91 Å². The average Bonchev–Trinajstić information content (AvgIpc) is 2.44. The minimum Gasteiger partial charge on any atom is -0.486 e. The number of amides is 1. The van der Waals surface area contributed by atoms with Gasteiger partial charge in [-0.05, 0) is 12.5 Å². The fourth-order valence-electron chi connectivity index (χ4n) is 2.09. The summed E-state index contributed by atoms with van der Waals surface area (Å²) < 4.78 is 33.9. The summed E-state index contributed by atoms with van der Waals surface area (Å²) in [5.74, 6) is 0.159. The lowest BCUT2D eigenvalue weighted by Crippen LogP contribution is -2.29. The molecule has 1 aliphatic rings. The molecule has 0 fully saturated rings. The maximum Gasteiger partial charge on any atom is 0.257 e. The summed E-state index contributed by atoms with van der Waals surface area (Å²) in [6, 6.07) is 2.51. The van der Waals surface area contributed by atoms with Crippen LogP contribution in [0.1, 0.15) is 23.7 Å². The van der Waals surface area contributed by atoms with E-state index in [4.69, 9.17) is 14.6 Å². The molecule has 21 heavy (non-hydrogen) atoms. The van der Waals surface area contributed by atoms with E-state index in [1.807, 2.05) is 6.92 Å². The summed E-state index contributed by atoms with van der Waals surface area (Å²) in [7, 11) is -2.29. The Balaban J connectivity index is 2.55. The molecule has 0 spiro atoms. The van der Waals surface area contributed by atoms with Crippen LogP contribution in [0.4, 0.5) is 0 Å². The number of carbonyl (C=O) groups is 1. The molecule has 0 saturated heterocycles. The summed E-state index contributed by atoms with van der Waals surface area (Å²) in [5.41, 5.74) is 0.146. The van der Waals surface area contributed by atoms with E-state index < -0.39 is 10.0 Å². The maximum absolute atomic E-state index is 12.4. The highest BCUT2D eigenvalue weighted by atomic mass is 32.2. The first-order valence-corrected chi connectivity index (χ1v) is 8.11. The Morgan fingerprint density at radius 3 is 2.62 bits per heavy atom. The van der Waals surface area contributed by atoms with Gasteiger partial charge in [-0.1, -0.05) is 6.92 Å². The van der Waals surface area contributed by atoms with Crippen LogP contribution in [0.15, 0.2) is 17.0 Å². The predicted octanol–water partition coefficient (Wildman–Crippen LogP) is 0.587. The van der Waals surface area contributed by atoms with Gasteiger partial charge in [0, 0.05) is 19.7 Å². The van der Waals surface area contributed by atoms with Crippen molar-refractivity contribution in [1.29, 1.82) is 0 Å². The lowest BCUT2D eigenvalue weighted by Gasteiger charge is -2.24. The van der Waals surface area contributed by atoms with E-state index in [0.717, 1.165) is 6.42 Å². The molecular weight excluding hydrogens is 296 g/mol. The van der Waals surface area contributed by atoms with Crippen LogP contribution < -0.4 is 14.6 Å². The number of hydrogen-bond donors (Lipinski definition) is 1. The number of ether oxygens (including phenoxy) is 2. The van der Waals surface area contributed by atoms with Gasteiger partial charge in [-0.3, -0.25) is 4.79 Å². The Morgan fingerprint density at radius 2 is 2.00 bits per heavy atom. The van der Waals surface area contributed by atoms with Crippen molar-refractivity contribution in [3.63, 3.8) is 0 Å². The lowest BCUT2D eigenvalue weighted by molar-refractivity contribution is 0.0784. The van der Waals surface area contributed by atoms with E-state index in [1.165, 1.54) is 17.0 Å². The van der Waals surface area contributed by atoms with E-state index in [9.17, 15) is 13.2 Å². The lowest BCUT2D eigenvalue weighted by atomic mass is 10.1. The van der Waals surface area contributed by atoms with Gasteiger partial charge < -0.3 is 14.4 Å². The van der Waals surface area contributed by atoms with Crippen molar-refractivity contribution in [2.75, 3.05) is 26.8 Å². The van der Waals surface area contributed by atoms with Crippen LogP contribution in [0.3, 0.4) is 0 Å². The molecule has 0 aromatic heterocycles. The second-order valence-corrected chi connectivity index (χ2v) is 6.33. The van der Waals surface area contributed by atoms with Crippen molar-refractivity contribution in [3.8, 4) is 11.5 Å². The fourth-order valence-corrected chi connectivity index (χ4v) is 2.65. The first-order valence-electron chi connectivity index (χ1n) is 6.56. The van der Waals surface area contributed by atoms with Crippen molar-refractivity contribution in [1.82, 2.24) is 4.90 Å². The first-order chi connectivity index (χ1) is 9.84. The largest absolute Gasteiger partial charge is 0.486 e. The number of rotatable bonds is 4. The van der Waals surface area contributed by atoms with Crippen LogP contribution in [0.5, 0.6) is 11.5 Å². The minimum absolute atomic E-state index is 0.146. The summed E-state index contributed by atoms with van der Waals surface area (Å²) in [4.78, 5) is 13.8. The van der Waals surface area contributed by atoms with Gasteiger partial charge in [0.05, 0.1) is 10.5 Å². The van der Waals surface area contributed by atoms with Crippen LogP contribution in [0.2, 0.25) is 0 Å². The minimum atomic E-state index is -3.94. The molecule has 7 nitrogen and oxygen atoms in total. The second-order valence-electron chi connectivity index (χ2n) is 4.77. The molecule has 0 bridgehead atoms. The molecule has 8 heteroatoms. The van der Waals surface area contributed by atoms with E-state index in [0.29, 0.717) is 19.8 Å². The van der Waals surface area contributed by atoms with Crippen LogP contribution >= 0.6 is 0 Å². The highest BCUT2D eigenvalue weighted by molar-refractivity contribution is 7.89. The smallest absolute Gasteiger partial charge is 0.257 e. The molecule has 1 heterocycles. The van der Waals surface area contributed by atoms with Gasteiger partial charge >= 0.3 is 0 Å². The summed E-state index contributed by atoms with van der Waals surface area (Å²) in [6.07, 6.45) is 0.788. The third-order valence-corrected chi connectivity index (χ3v) is 3.97. The molecule has 116 valence electrons. The number of fused-ring (bicyclic) bond motifs is 1. The van der Waals surface area contributed by atoms with Crippen LogP contribution in [-0.2, 0) is 10.0 Å². The molecule has 2 N–H and O–H groups in total. The Kier molecular flexibility index (Phi) is 4.38. The first kappa shape index (κ1) is 15.6. The SMILES string of the molecule is CCCN(C)C(=O)c1cc(S(N)(=O)=O)cc2c1OCCO2. The third-order valence-electron chi connectivity index (χ3n) is 3.08. The predicted molar refractivity (Wildman–Crippen MR) is 76.1 cm³/mol. The van der Waals surface area contributed by atoms with Gasteiger partial charge in [0.1, 0.15) is 13.2 Å². The van der Waals surface area contributed by atoms with E-state index in [2.05, 4.69) is 0 Å². The highest BCUT2D eigenvalue weighted by Crippen LogP contribution is 2.36.